The first kappa shape index (κ1) is 10.3. The minimum atomic E-state index is 0.581. The van der Waals surface area contributed by atoms with Crippen molar-refractivity contribution < 1.29 is 0 Å². The fraction of sp³-hybridized carbons (Fsp3) is 0.750. The Bertz CT molecular complexity index is 365. The van der Waals surface area contributed by atoms with Crippen LogP contribution in [0.4, 0.5) is 0 Å². The van der Waals surface area contributed by atoms with Gasteiger partial charge in [-0.3, -0.25) is 10.00 Å². The number of likely N-dealkylation sites (tertiary alicyclic amines) is 1. The summed E-state index contributed by atoms with van der Waals surface area (Å²) >= 11 is 0. The molecule has 0 amide bonds. The van der Waals surface area contributed by atoms with Gasteiger partial charge in [-0.25, -0.2) is 0 Å². The van der Waals surface area contributed by atoms with Crippen LogP contribution >= 0.6 is 0 Å². The van der Waals surface area contributed by atoms with E-state index in [9.17, 15) is 0 Å². The van der Waals surface area contributed by atoms with Gasteiger partial charge in [0.15, 0.2) is 0 Å². The molecule has 1 atom stereocenters. The van der Waals surface area contributed by atoms with Crippen LogP contribution in [0.5, 0.6) is 0 Å². The Balaban J connectivity index is 1.64. The maximum atomic E-state index is 4.09. The topological polar surface area (TPSA) is 44.0 Å². The van der Waals surface area contributed by atoms with Crippen LogP contribution in [-0.2, 0) is 6.54 Å². The highest BCUT2D eigenvalue weighted by Crippen LogP contribution is 2.36. The van der Waals surface area contributed by atoms with Crippen molar-refractivity contribution in [2.45, 2.75) is 26.3 Å². The maximum Gasteiger partial charge on any atom is 0.0535 e. The van der Waals surface area contributed by atoms with Crippen LogP contribution in [0.25, 0.3) is 0 Å². The molecule has 1 aromatic rings. The fourth-order valence-corrected chi connectivity index (χ4v) is 3.08. The van der Waals surface area contributed by atoms with E-state index in [1.54, 1.807) is 0 Å². The van der Waals surface area contributed by atoms with E-state index < -0.39 is 0 Å². The van der Waals surface area contributed by atoms with E-state index >= 15 is 0 Å². The Morgan fingerprint density at radius 3 is 3.12 bits per heavy atom. The van der Waals surface area contributed by atoms with Crippen molar-refractivity contribution in [3.05, 3.63) is 17.5 Å². The van der Waals surface area contributed by atoms with Crippen molar-refractivity contribution in [2.24, 2.45) is 5.41 Å². The van der Waals surface area contributed by atoms with Gasteiger partial charge in [0.05, 0.1) is 6.20 Å². The van der Waals surface area contributed by atoms with E-state index in [-0.39, 0.29) is 0 Å². The summed E-state index contributed by atoms with van der Waals surface area (Å²) < 4.78 is 0. The number of H-pyrrole nitrogens is 1. The summed E-state index contributed by atoms with van der Waals surface area (Å²) in [6, 6.07) is 0. The third-order valence-electron chi connectivity index (χ3n) is 4.18. The minimum Gasteiger partial charge on any atom is -0.316 e. The second kappa shape index (κ2) is 3.86. The van der Waals surface area contributed by atoms with E-state index in [0.29, 0.717) is 5.41 Å². The highest BCUT2D eigenvalue weighted by Gasteiger charge is 2.40. The molecule has 0 aliphatic carbocycles. The molecule has 1 unspecified atom stereocenters. The average molecular weight is 220 g/mol. The molecule has 2 fully saturated rings. The van der Waals surface area contributed by atoms with Gasteiger partial charge in [0.1, 0.15) is 0 Å². The van der Waals surface area contributed by atoms with Crippen molar-refractivity contribution in [3.63, 3.8) is 0 Å². The summed E-state index contributed by atoms with van der Waals surface area (Å²) in [5, 5.41) is 10.6. The molecule has 16 heavy (non-hydrogen) atoms. The van der Waals surface area contributed by atoms with E-state index in [1.807, 2.05) is 6.20 Å². The summed E-state index contributed by atoms with van der Waals surface area (Å²) in [6.07, 6.45) is 4.68. The third-order valence-corrected chi connectivity index (χ3v) is 4.18. The number of nitrogens with one attached hydrogen (secondary N) is 2. The first-order chi connectivity index (χ1) is 7.77. The van der Waals surface area contributed by atoms with Gasteiger partial charge >= 0.3 is 0 Å². The molecule has 0 saturated carbocycles. The number of aromatic nitrogens is 2. The van der Waals surface area contributed by atoms with Crippen LogP contribution in [-0.4, -0.2) is 41.3 Å². The van der Waals surface area contributed by atoms with Crippen LogP contribution < -0.4 is 5.32 Å². The minimum absolute atomic E-state index is 0.581. The van der Waals surface area contributed by atoms with Gasteiger partial charge in [-0.15, -0.1) is 0 Å². The zero-order valence-electron chi connectivity index (χ0n) is 9.92. The lowest BCUT2D eigenvalue weighted by Crippen LogP contribution is -2.29. The van der Waals surface area contributed by atoms with Gasteiger partial charge in [-0.2, -0.15) is 5.10 Å². The number of aromatic amines is 1. The van der Waals surface area contributed by atoms with Gasteiger partial charge < -0.3 is 5.32 Å². The van der Waals surface area contributed by atoms with Crippen molar-refractivity contribution in [2.75, 3.05) is 26.2 Å². The SMILES string of the molecule is Cc1[nH]ncc1CN1CCC2(CCNC2)C1. The van der Waals surface area contributed by atoms with E-state index in [0.717, 1.165) is 6.54 Å². The Morgan fingerprint density at radius 1 is 1.50 bits per heavy atom. The zero-order valence-corrected chi connectivity index (χ0v) is 9.92. The first-order valence-electron chi connectivity index (χ1n) is 6.19. The fourth-order valence-electron chi connectivity index (χ4n) is 3.08. The molecule has 2 N–H and O–H groups in total. The van der Waals surface area contributed by atoms with Gasteiger partial charge in [-0.05, 0) is 38.3 Å². The van der Waals surface area contributed by atoms with Crippen LogP contribution in [0.2, 0.25) is 0 Å². The number of hydrogen-bond donors (Lipinski definition) is 2. The van der Waals surface area contributed by atoms with Gasteiger partial charge in [0.25, 0.3) is 0 Å². The van der Waals surface area contributed by atoms with Gasteiger partial charge in [0, 0.05) is 30.9 Å². The first-order valence-corrected chi connectivity index (χ1v) is 6.19. The molecule has 0 radical (unpaired) electrons. The Labute approximate surface area is 96.4 Å². The second-order valence-electron chi connectivity index (χ2n) is 5.41. The lowest BCUT2D eigenvalue weighted by molar-refractivity contribution is 0.268. The maximum absolute atomic E-state index is 4.09. The molecule has 0 aromatic carbocycles. The number of aryl methyl sites for hydroxylation is 1. The van der Waals surface area contributed by atoms with Crippen molar-refractivity contribution >= 4 is 0 Å². The molecule has 4 heteroatoms. The predicted octanol–water partition coefficient (Wildman–Crippen LogP) is 0.904. The molecule has 0 bridgehead atoms. The van der Waals surface area contributed by atoms with Crippen LogP contribution in [0.3, 0.4) is 0 Å². The summed E-state index contributed by atoms with van der Waals surface area (Å²) in [6.45, 7) is 8.08. The standard InChI is InChI=1S/C12H20N4/c1-10-11(6-14-15-10)7-16-5-3-12(9-16)2-4-13-8-12/h6,13H,2-5,7-9H2,1H3,(H,14,15). The highest BCUT2D eigenvalue weighted by atomic mass is 15.2. The molecule has 2 aliphatic heterocycles. The number of nitrogens with zero attached hydrogens (tertiary/aromatic N) is 2. The van der Waals surface area contributed by atoms with E-state index in [2.05, 4.69) is 27.3 Å². The van der Waals surface area contributed by atoms with Crippen molar-refractivity contribution in [1.29, 1.82) is 0 Å². The predicted molar refractivity (Wildman–Crippen MR) is 63.1 cm³/mol. The van der Waals surface area contributed by atoms with Crippen LogP contribution in [0.1, 0.15) is 24.1 Å². The molecule has 1 spiro atoms. The Morgan fingerprint density at radius 2 is 2.44 bits per heavy atom. The van der Waals surface area contributed by atoms with Crippen molar-refractivity contribution in [3.8, 4) is 0 Å². The van der Waals surface area contributed by atoms with Crippen LogP contribution in [0, 0.1) is 12.3 Å². The molecule has 2 aliphatic rings. The molecule has 3 rings (SSSR count). The molecule has 88 valence electrons. The molecule has 2 saturated heterocycles. The number of hydrogen-bond acceptors (Lipinski definition) is 3. The summed E-state index contributed by atoms with van der Waals surface area (Å²) in [7, 11) is 0. The smallest absolute Gasteiger partial charge is 0.0535 e. The molecular formula is C12H20N4. The highest BCUT2D eigenvalue weighted by molar-refractivity contribution is 5.14. The van der Waals surface area contributed by atoms with Gasteiger partial charge in [0.2, 0.25) is 0 Å². The lowest BCUT2D eigenvalue weighted by Gasteiger charge is -2.22. The molecule has 4 nitrogen and oxygen atoms in total. The number of rotatable bonds is 2. The molecule has 1 aromatic heterocycles. The summed E-state index contributed by atoms with van der Waals surface area (Å²) in [4.78, 5) is 2.57. The van der Waals surface area contributed by atoms with E-state index in [1.165, 1.54) is 50.3 Å². The van der Waals surface area contributed by atoms with E-state index in [4.69, 9.17) is 0 Å². The monoisotopic (exact) mass is 220 g/mol. The largest absolute Gasteiger partial charge is 0.316 e. The molecule has 3 heterocycles. The molecular weight excluding hydrogens is 200 g/mol. The quantitative estimate of drug-likeness (QED) is 0.778. The van der Waals surface area contributed by atoms with Crippen LogP contribution in [0.15, 0.2) is 6.20 Å². The summed E-state index contributed by atoms with van der Waals surface area (Å²) in [5.74, 6) is 0. The van der Waals surface area contributed by atoms with Crippen molar-refractivity contribution in [1.82, 2.24) is 20.4 Å². The summed E-state index contributed by atoms with van der Waals surface area (Å²) in [5.41, 5.74) is 3.14. The van der Waals surface area contributed by atoms with Gasteiger partial charge in [-0.1, -0.05) is 0 Å². The Kier molecular flexibility index (Phi) is 2.48. The average Bonchev–Trinajstić information content (AvgIpc) is 2.96. The second-order valence-corrected chi connectivity index (χ2v) is 5.41. The third kappa shape index (κ3) is 1.76. The normalized spacial score (nSPS) is 30.6. The lowest BCUT2D eigenvalue weighted by atomic mass is 9.87. The Hall–Kier alpha value is -0.870. The zero-order chi connectivity index (χ0) is 11.0.